The fourth-order valence-electron chi connectivity index (χ4n) is 4.64. The molecule has 2 aliphatic rings. The van der Waals surface area contributed by atoms with E-state index in [1.165, 1.54) is 6.20 Å². The highest BCUT2D eigenvalue weighted by Gasteiger charge is 2.47. The molecular weight excluding hydrogens is 445 g/mol. The predicted octanol–water partition coefficient (Wildman–Crippen LogP) is 4.14. The molecule has 3 atom stereocenters. The number of fused-ring (bicyclic) bond motifs is 1. The molecule has 1 aliphatic carbocycles. The summed E-state index contributed by atoms with van der Waals surface area (Å²) in [6.07, 6.45) is 3.66. The third-order valence-electron chi connectivity index (χ3n) is 6.55. The number of hydrogen-bond donors (Lipinski definition) is 0. The molecule has 1 amide bonds. The Morgan fingerprint density at radius 1 is 1.06 bits per heavy atom. The second-order valence-corrected chi connectivity index (χ2v) is 8.95. The summed E-state index contributed by atoms with van der Waals surface area (Å²) in [5, 5.41) is 0. The van der Waals surface area contributed by atoms with E-state index in [-0.39, 0.29) is 11.9 Å². The smallest absolute Gasteiger partial charge is 0.334 e. The van der Waals surface area contributed by atoms with E-state index in [0.717, 1.165) is 24.7 Å². The van der Waals surface area contributed by atoms with Gasteiger partial charge in [0.05, 0.1) is 17.5 Å². The third-order valence-corrected chi connectivity index (χ3v) is 6.55. The summed E-state index contributed by atoms with van der Waals surface area (Å²) >= 11 is 0. The highest BCUT2D eigenvalue weighted by Crippen LogP contribution is 2.48. The van der Waals surface area contributed by atoms with Crippen LogP contribution in [-0.2, 0) is 12.6 Å². The molecule has 1 aliphatic heterocycles. The third kappa shape index (κ3) is 4.62. The zero-order valence-corrected chi connectivity index (χ0v) is 18.5. The predicted molar refractivity (Wildman–Crippen MR) is 116 cm³/mol. The second kappa shape index (κ2) is 8.73. The SMILES string of the molecule is Cc1ccc(-c2ncccn2)c(C(=O)N2C[C@H]3C[C@H]3C[C@H]2CCc2cnc(C(F)(F)F)cn2)n1. The van der Waals surface area contributed by atoms with Crippen LogP contribution in [0.25, 0.3) is 11.4 Å². The average Bonchev–Trinajstić information content (AvgIpc) is 3.60. The molecule has 3 aromatic heterocycles. The van der Waals surface area contributed by atoms with Crippen molar-refractivity contribution in [1.82, 2.24) is 29.8 Å². The number of piperidine rings is 1. The molecule has 3 aromatic rings. The monoisotopic (exact) mass is 468 g/mol. The molecule has 0 bridgehead atoms. The van der Waals surface area contributed by atoms with Crippen molar-refractivity contribution in [3.63, 3.8) is 0 Å². The molecule has 2 fully saturated rings. The molecule has 0 radical (unpaired) electrons. The molecule has 1 saturated heterocycles. The lowest BCUT2D eigenvalue weighted by Gasteiger charge is -2.35. The van der Waals surface area contributed by atoms with Gasteiger partial charge in [-0.05, 0) is 62.6 Å². The van der Waals surface area contributed by atoms with Gasteiger partial charge in [-0.1, -0.05) is 0 Å². The van der Waals surface area contributed by atoms with E-state index in [0.29, 0.717) is 54.0 Å². The normalized spacial score (nSPS) is 21.8. The number of halogens is 3. The van der Waals surface area contributed by atoms with E-state index in [1.54, 1.807) is 18.5 Å². The Hall–Kier alpha value is -3.43. The van der Waals surface area contributed by atoms with Gasteiger partial charge in [0.2, 0.25) is 0 Å². The quantitative estimate of drug-likeness (QED) is 0.560. The number of likely N-dealkylation sites (tertiary alicyclic amines) is 1. The minimum absolute atomic E-state index is 0.0489. The van der Waals surface area contributed by atoms with Gasteiger partial charge in [0.1, 0.15) is 5.69 Å². The van der Waals surface area contributed by atoms with Crippen molar-refractivity contribution < 1.29 is 18.0 Å². The maximum Gasteiger partial charge on any atom is 0.434 e. The first-order valence-corrected chi connectivity index (χ1v) is 11.2. The van der Waals surface area contributed by atoms with Crippen LogP contribution in [0, 0.1) is 18.8 Å². The molecule has 0 N–H and O–H groups in total. The fraction of sp³-hybridized carbons (Fsp3) is 0.417. The van der Waals surface area contributed by atoms with Crippen LogP contribution in [0.2, 0.25) is 0 Å². The molecule has 1 saturated carbocycles. The number of hydrogen-bond acceptors (Lipinski definition) is 6. The highest BCUT2D eigenvalue weighted by atomic mass is 19.4. The van der Waals surface area contributed by atoms with Gasteiger partial charge in [-0.15, -0.1) is 0 Å². The largest absolute Gasteiger partial charge is 0.434 e. The van der Waals surface area contributed by atoms with Crippen molar-refractivity contribution in [1.29, 1.82) is 0 Å². The Balaban J connectivity index is 1.37. The van der Waals surface area contributed by atoms with Crippen LogP contribution in [0.4, 0.5) is 13.2 Å². The number of aryl methyl sites for hydroxylation is 2. The number of carbonyl (C=O) groups is 1. The molecular formula is C24H23F3N6O. The van der Waals surface area contributed by atoms with Crippen molar-refractivity contribution in [2.75, 3.05) is 6.54 Å². The Morgan fingerprint density at radius 2 is 1.85 bits per heavy atom. The van der Waals surface area contributed by atoms with E-state index in [1.807, 2.05) is 24.0 Å². The first-order valence-electron chi connectivity index (χ1n) is 11.2. The fourth-order valence-corrected chi connectivity index (χ4v) is 4.64. The first-order chi connectivity index (χ1) is 16.3. The van der Waals surface area contributed by atoms with Gasteiger partial charge < -0.3 is 4.90 Å². The Bertz CT molecular complexity index is 1190. The van der Waals surface area contributed by atoms with Crippen LogP contribution in [0.5, 0.6) is 0 Å². The number of alkyl halides is 3. The molecule has 7 nitrogen and oxygen atoms in total. The minimum Gasteiger partial charge on any atom is -0.334 e. The van der Waals surface area contributed by atoms with Crippen LogP contribution < -0.4 is 0 Å². The molecule has 0 aromatic carbocycles. The van der Waals surface area contributed by atoms with Gasteiger partial charge in [0, 0.05) is 36.9 Å². The molecule has 0 unspecified atom stereocenters. The summed E-state index contributed by atoms with van der Waals surface area (Å²) < 4.78 is 38.3. The van der Waals surface area contributed by atoms with Gasteiger partial charge in [-0.2, -0.15) is 13.2 Å². The van der Waals surface area contributed by atoms with Crippen molar-refractivity contribution in [3.8, 4) is 11.4 Å². The van der Waals surface area contributed by atoms with E-state index in [4.69, 9.17) is 0 Å². The molecule has 0 spiro atoms. The molecule has 5 rings (SSSR count). The Labute approximate surface area is 194 Å². The van der Waals surface area contributed by atoms with E-state index >= 15 is 0 Å². The van der Waals surface area contributed by atoms with Crippen molar-refractivity contribution in [2.45, 2.75) is 44.8 Å². The average molecular weight is 468 g/mol. The lowest BCUT2D eigenvalue weighted by Crippen LogP contribution is -2.45. The van der Waals surface area contributed by atoms with Gasteiger partial charge >= 0.3 is 6.18 Å². The second-order valence-electron chi connectivity index (χ2n) is 8.95. The zero-order chi connectivity index (χ0) is 23.9. The summed E-state index contributed by atoms with van der Waals surface area (Å²) in [6.45, 7) is 2.48. The number of pyridine rings is 1. The van der Waals surface area contributed by atoms with Gasteiger partial charge in [0.15, 0.2) is 11.5 Å². The summed E-state index contributed by atoms with van der Waals surface area (Å²) in [5.41, 5.74) is 1.10. The maximum absolute atomic E-state index is 13.7. The number of nitrogens with zero attached hydrogens (tertiary/aromatic N) is 6. The number of amides is 1. The van der Waals surface area contributed by atoms with Crippen LogP contribution in [0.1, 0.15) is 46.8 Å². The molecule has 34 heavy (non-hydrogen) atoms. The topological polar surface area (TPSA) is 84.8 Å². The van der Waals surface area contributed by atoms with Crippen LogP contribution in [-0.4, -0.2) is 48.3 Å². The van der Waals surface area contributed by atoms with Crippen LogP contribution >= 0.6 is 0 Å². The molecule has 4 heterocycles. The van der Waals surface area contributed by atoms with Crippen molar-refractivity contribution in [2.24, 2.45) is 11.8 Å². The maximum atomic E-state index is 13.7. The lowest BCUT2D eigenvalue weighted by molar-refractivity contribution is -0.141. The summed E-state index contributed by atoms with van der Waals surface area (Å²) in [7, 11) is 0. The van der Waals surface area contributed by atoms with E-state index < -0.39 is 11.9 Å². The first kappa shape index (κ1) is 22.4. The Morgan fingerprint density at radius 3 is 2.56 bits per heavy atom. The van der Waals surface area contributed by atoms with Crippen molar-refractivity contribution in [3.05, 3.63) is 65.8 Å². The Kier molecular flexibility index (Phi) is 5.75. The summed E-state index contributed by atoms with van der Waals surface area (Å²) in [6, 6.07) is 5.31. The number of aromatic nitrogens is 5. The zero-order valence-electron chi connectivity index (χ0n) is 18.5. The van der Waals surface area contributed by atoms with Gasteiger partial charge in [0.25, 0.3) is 5.91 Å². The van der Waals surface area contributed by atoms with E-state index in [2.05, 4.69) is 24.9 Å². The van der Waals surface area contributed by atoms with Gasteiger partial charge in [-0.3, -0.25) is 9.78 Å². The molecule has 176 valence electrons. The number of rotatable bonds is 5. The van der Waals surface area contributed by atoms with Crippen LogP contribution in [0.3, 0.4) is 0 Å². The van der Waals surface area contributed by atoms with Crippen LogP contribution in [0.15, 0.2) is 43.0 Å². The highest BCUT2D eigenvalue weighted by molar-refractivity contribution is 5.98. The lowest BCUT2D eigenvalue weighted by atomic mass is 9.96. The van der Waals surface area contributed by atoms with Gasteiger partial charge in [-0.25, -0.2) is 19.9 Å². The summed E-state index contributed by atoms with van der Waals surface area (Å²) in [4.78, 5) is 36.2. The van der Waals surface area contributed by atoms with E-state index in [9.17, 15) is 18.0 Å². The minimum atomic E-state index is -4.51. The molecule has 10 heteroatoms. The summed E-state index contributed by atoms with van der Waals surface area (Å²) in [5.74, 6) is 1.36. The van der Waals surface area contributed by atoms with Crippen molar-refractivity contribution >= 4 is 5.91 Å². The standard InChI is InChI=1S/C24H23F3N6O/c1-14-3-6-19(22-28-7-2-8-29-22)21(32-14)23(34)33-13-16-9-15(16)10-18(33)5-4-17-11-31-20(12-30-17)24(25,26)27/h2-3,6-8,11-12,15-16,18H,4-5,9-10,13H2,1H3/t15-,16+,18+/m0/s1. The number of carbonyl (C=O) groups excluding carboxylic acids is 1.